The fraction of sp³-hybridized carbons (Fsp3) is 0.154. The van der Waals surface area contributed by atoms with Crippen LogP contribution in [-0.2, 0) is 0 Å². The van der Waals surface area contributed by atoms with Gasteiger partial charge >= 0.3 is 0 Å². The van der Waals surface area contributed by atoms with Crippen LogP contribution in [0.4, 0.5) is 0 Å². The van der Waals surface area contributed by atoms with Gasteiger partial charge in [0, 0.05) is 11.1 Å². The summed E-state index contributed by atoms with van der Waals surface area (Å²) < 4.78 is 0. The Bertz CT molecular complexity index is 675. The second-order valence-corrected chi connectivity index (χ2v) is 4.25. The quantitative estimate of drug-likeness (QED) is 0.713. The van der Waals surface area contributed by atoms with Crippen LogP contribution in [0.5, 0.6) is 0 Å². The van der Waals surface area contributed by atoms with Gasteiger partial charge in [0.1, 0.15) is 12.2 Å². The Kier molecular flexibility index (Phi) is 2.53. The molecule has 0 aliphatic rings. The van der Waals surface area contributed by atoms with Crippen LogP contribution in [0.2, 0.25) is 0 Å². The van der Waals surface area contributed by atoms with E-state index in [0.29, 0.717) is 5.82 Å². The lowest BCUT2D eigenvalue weighted by molar-refractivity contribution is 0.788. The number of nitrogens with zero attached hydrogens (tertiary/aromatic N) is 3. The zero-order chi connectivity index (χ0) is 12.5. The van der Waals surface area contributed by atoms with E-state index in [2.05, 4.69) is 20.2 Å². The Morgan fingerprint density at radius 2 is 2.11 bits per heavy atom. The number of nitrogens with two attached hydrogens (primary N) is 1. The third-order valence-electron chi connectivity index (χ3n) is 2.94. The van der Waals surface area contributed by atoms with Gasteiger partial charge in [-0.25, -0.2) is 4.98 Å². The van der Waals surface area contributed by atoms with Crippen molar-refractivity contribution in [3.8, 4) is 0 Å². The van der Waals surface area contributed by atoms with E-state index in [1.165, 1.54) is 6.33 Å². The molecule has 0 bridgehead atoms. The molecular formula is C13H13N5. The number of aryl methyl sites for hydroxylation is 1. The van der Waals surface area contributed by atoms with Crippen molar-refractivity contribution in [2.45, 2.75) is 13.0 Å². The molecule has 1 unspecified atom stereocenters. The zero-order valence-corrected chi connectivity index (χ0v) is 9.96. The van der Waals surface area contributed by atoms with Crippen LogP contribution in [0.3, 0.4) is 0 Å². The van der Waals surface area contributed by atoms with E-state index in [1.54, 1.807) is 0 Å². The molecule has 90 valence electrons. The van der Waals surface area contributed by atoms with E-state index >= 15 is 0 Å². The van der Waals surface area contributed by atoms with E-state index in [4.69, 9.17) is 5.73 Å². The lowest BCUT2D eigenvalue weighted by Crippen LogP contribution is -2.13. The van der Waals surface area contributed by atoms with E-state index in [0.717, 1.165) is 22.2 Å². The van der Waals surface area contributed by atoms with Gasteiger partial charge in [-0.2, -0.15) is 5.10 Å². The third kappa shape index (κ3) is 1.84. The first-order valence-corrected chi connectivity index (χ1v) is 5.72. The van der Waals surface area contributed by atoms with Crippen LogP contribution >= 0.6 is 0 Å². The van der Waals surface area contributed by atoms with Crippen LogP contribution in [0, 0.1) is 6.92 Å². The normalized spacial score (nSPS) is 12.8. The van der Waals surface area contributed by atoms with Crippen LogP contribution in [-0.4, -0.2) is 20.2 Å². The first kappa shape index (κ1) is 10.9. The highest BCUT2D eigenvalue weighted by atomic mass is 15.2. The third-order valence-corrected chi connectivity index (χ3v) is 2.94. The maximum Gasteiger partial charge on any atom is 0.145 e. The monoisotopic (exact) mass is 239 g/mol. The molecule has 0 spiro atoms. The maximum atomic E-state index is 6.13. The van der Waals surface area contributed by atoms with Crippen LogP contribution in [0.15, 0.2) is 36.7 Å². The number of pyridine rings is 1. The highest BCUT2D eigenvalue weighted by molar-refractivity contribution is 5.79. The van der Waals surface area contributed by atoms with Crippen molar-refractivity contribution in [2.75, 3.05) is 0 Å². The fourth-order valence-corrected chi connectivity index (χ4v) is 1.96. The molecule has 2 aromatic heterocycles. The van der Waals surface area contributed by atoms with Crippen molar-refractivity contribution >= 4 is 10.9 Å². The summed E-state index contributed by atoms with van der Waals surface area (Å²) in [6.07, 6.45) is 1.46. The summed E-state index contributed by atoms with van der Waals surface area (Å²) in [4.78, 5) is 8.54. The Labute approximate surface area is 104 Å². The van der Waals surface area contributed by atoms with E-state index in [1.807, 2.05) is 37.3 Å². The topological polar surface area (TPSA) is 80.5 Å². The SMILES string of the molecule is Cc1ccc2cc(C(N)c3ncn[nH]3)ccc2n1. The molecule has 0 aliphatic heterocycles. The molecule has 0 saturated heterocycles. The summed E-state index contributed by atoms with van der Waals surface area (Å²) in [7, 11) is 0. The molecule has 5 heteroatoms. The smallest absolute Gasteiger partial charge is 0.145 e. The van der Waals surface area contributed by atoms with Gasteiger partial charge in [-0.15, -0.1) is 0 Å². The van der Waals surface area contributed by atoms with Crippen molar-refractivity contribution in [2.24, 2.45) is 5.73 Å². The molecule has 0 aliphatic carbocycles. The first-order chi connectivity index (χ1) is 8.74. The summed E-state index contributed by atoms with van der Waals surface area (Å²) in [6, 6.07) is 9.74. The van der Waals surface area contributed by atoms with Crippen LogP contribution in [0.1, 0.15) is 23.1 Å². The van der Waals surface area contributed by atoms with Crippen LogP contribution < -0.4 is 5.73 Å². The summed E-state index contributed by atoms with van der Waals surface area (Å²) in [5.74, 6) is 0.662. The molecule has 0 amide bonds. The van der Waals surface area contributed by atoms with Gasteiger partial charge < -0.3 is 5.73 Å². The molecule has 2 heterocycles. The lowest BCUT2D eigenvalue weighted by atomic mass is 10.0. The van der Waals surface area contributed by atoms with Gasteiger partial charge in [-0.1, -0.05) is 12.1 Å². The van der Waals surface area contributed by atoms with Gasteiger partial charge in [0.2, 0.25) is 0 Å². The average Bonchev–Trinajstić information content (AvgIpc) is 2.91. The number of aromatic amines is 1. The van der Waals surface area contributed by atoms with E-state index in [-0.39, 0.29) is 6.04 Å². The minimum Gasteiger partial charge on any atom is -0.318 e. The maximum absolute atomic E-state index is 6.13. The summed E-state index contributed by atoms with van der Waals surface area (Å²) >= 11 is 0. The fourth-order valence-electron chi connectivity index (χ4n) is 1.96. The van der Waals surface area contributed by atoms with Gasteiger partial charge in [0.15, 0.2) is 0 Å². The van der Waals surface area contributed by atoms with Gasteiger partial charge in [-0.05, 0) is 30.7 Å². The number of benzene rings is 1. The van der Waals surface area contributed by atoms with Gasteiger partial charge in [0.05, 0.1) is 11.6 Å². The predicted molar refractivity (Wildman–Crippen MR) is 68.9 cm³/mol. The second-order valence-electron chi connectivity index (χ2n) is 4.25. The highest BCUT2D eigenvalue weighted by Gasteiger charge is 2.12. The average molecular weight is 239 g/mol. The molecule has 1 atom stereocenters. The first-order valence-electron chi connectivity index (χ1n) is 5.72. The minimum absolute atomic E-state index is 0.293. The Morgan fingerprint density at radius 3 is 2.89 bits per heavy atom. The van der Waals surface area contributed by atoms with Crippen molar-refractivity contribution in [3.05, 3.63) is 53.7 Å². The Hall–Kier alpha value is -2.27. The largest absolute Gasteiger partial charge is 0.318 e. The Balaban J connectivity index is 2.06. The molecule has 3 rings (SSSR count). The van der Waals surface area contributed by atoms with E-state index < -0.39 is 0 Å². The molecule has 0 saturated carbocycles. The van der Waals surface area contributed by atoms with E-state index in [9.17, 15) is 0 Å². The van der Waals surface area contributed by atoms with Crippen molar-refractivity contribution in [3.63, 3.8) is 0 Å². The van der Waals surface area contributed by atoms with Crippen molar-refractivity contribution in [1.82, 2.24) is 20.2 Å². The molecule has 5 nitrogen and oxygen atoms in total. The van der Waals surface area contributed by atoms with Crippen molar-refractivity contribution in [1.29, 1.82) is 0 Å². The number of hydrogen-bond acceptors (Lipinski definition) is 4. The zero-order valence-electron chi connectivity index (χ0n) is 9.96. The Morgan fingerprint density at radius 1 is 1.22 bits per heavy atom. The molecule has 0 radical (unpaired) electrons. The second kappa shape index (κ2) is 4.19. The summed E-state index contributed by atoms with van der Waals surface area (Å²) in [6.45, 7) is 1.98. The van der Waals surface area contributed by atoms with Crippen LogP contribution in [0.25, 0.3) is 10.9 Å². The molecule has 18 heavy (non-hydrogen) atoms. The number of nitrogens with one attached hydrogen (secondary N) is 1. The molecular weight excluding hydrogens is 226 g/mol. The minimum atomic E-state index is -0.293. The molecule has 1 aromatic carbocycles. The highest BCUT2D eigenvalue weighted by Crippen LogP contribution is 2.21. The number of rotatable bonds is 2. The molecule has 3 N–H and O–H groups in total. The number of H-pyrrole nitrogens is 1. The van der Waals surface area contributed by atoms with Crippen molar-refractivity contribution < 1.29 is 0 Å². The summed E-state index contributed by atoms with van der Waals surface area (Å²) in [5.41, 5.74) is 9.10. The standard InChI is InChI=1S/C13H13N5/c1-8-2-3-9-6-10(4-5-11(9)17-8)12(14)13-15-7-16-18-13/h2-7,12H,14H2,1H3,(H,15,16,18). The molecule has 0 fully saturated rings. The molecule has 3 aromatic rings. The number of hydrogen-bond donors (Lipinski definition) is 2. The lowest BCUT2D eigenvalue weighted by Gasteiger charge is -2.09. The van der Waals surface area contributed by atoms with Gasteiger partial charge in [0.25, 0.3) is 0 Å². The predicted octanol–water partition coefficient (Wildman–Crippen LogP) is 1.71. The van der Waals surface area contributed by atoms with Gasteiger partial charge in [-0.3, -0.25) is 10.1 Å². The number of fused-ring (bicyclic) bond motifs is 1. The number of aromatic nitrogens is 4. The summed E-state index contributed by atoms with van der Waals surface area (Å²) in [5, 5.41) is 7.68.